The third-order valence-electron chi connectivity index (χ3n) is 4.38. The molecule has 7 heteroatoms. The molecule has 0 saturated heterocycles. The normalized spacial score (nSPS) is 10.7. The van der Waals surface area contributed by atoms with Crippen molar-refractivity contribution in [3.05, 3.63) is 46.2 Å². The molecule has 154 valence electrons. The highest BCUT2D eigenvalue weighted by atomic mass is 32.1. The van der Waals surface area contributed by atoms with E-state index in [1.54, 1.807) is 32.7 Å². The Kier molecular flexibility index (Phi) is 9.82. The summed E-state index contributed by atoms with van der Waals surface area (Å²) in [4.78, 5) is 15.8. The molecule has 0 aliphatic carbocycles. The van der Waals surface area contributed by atoms with Crippen molar-refractivity contribution in [2.45, 2.75) is 19.4 Å². The minimum atomic E-state index is 0.103. The molecule has 28 heavy (non-hydrogen) atoms. The molecule has 1 aromatic heterocycles. The molecule has 0 radical (unpaired) electrons. The Balaban J connectivity index is 1.96. The zero-order valence-electron chi connectivity index (χ0n) is 16.9. The van der Waals surface area contributed by atoms with E-state index in [4.69, 9.17) is 14.2 Å². The van der Waals surface area contributed by atoms with Gasteiger partial charge >= 0.3 is 0 Å². The van der Waals surface area contributed by atoms with Crippen LogP contribution in [0.5, 0.6) is 11.5 Å². The van der Waals surface area contributed by atoms with E-state index in [2.05, 4.69) is 11.4 Å². The van der Waals surface area contributed by atoms with E-state index >= 15 is 0 Å². The second-order valence-electron chi connectivity index (χ2n) is 6.36. The minimum Gasteiger partial charge on any atom is -0.493 e. The highest BCUT2D eigenvalue weighted by Gasteiger charge is 2.15. The van der Waals surface area contributed by atoms with Crippen molar-refractivity contribution in [1.29, 1.82) is 0 Å². The molecule has 2 aromatic rings. The lowest BCUT2D eigenvalue weighted by atomic mass is 10.1. The van der Waals surface area contributed by atoms with E-state index < -0.39 is 0 Å². The maximum absolute atomic E-state index is 12.7. The van der Waals surface area contributed by atoms with Gasteiger partial charge in [-0.15, -0.1) is 11.3 Å². The van der Waals surface area contributed by atoms with Crippen LogP contribution in [0, 0.1) is 0 Å². The number of rotatable bonds is 13. The summed E-state index contributed by atoms with van der Waals surface area (Å²) in [6, 6.07) is 9.96. The molecule has 0 atom stereocenters. The molecule has 0 fully saturated rings. The van der Waals surface area contributed by atoms with Crippen LogP contribution < -0.4 is 14.8 Å². The van der Waals surface area contributed by atoms with Crippen LogP contribution in [0.25, 0.3) is 0 Å². The maximum atomic E-state index is 12.7. The van der Waals surface area contributed by atoms with Crippen molar-refractivity contribution in [2.75, 3.05) is 47.6 Å². The van der Waals surface area contributed by atoms with Crippen molar-refractivity contribution in [2.24, 2.45) is 0 Å². The third kappa shape index (κ3) is 7.14. The van der Waals surface area contributed by atoms with Crippen LogP contribution >= 0.6 is 11.3 Å². The Morgan fingerprint density at radius 1 is 1.14 bits per heavy atom. The molecule has 6 nitrogen and oxygen atoms in total. The van der Waals surface area contributed by atoms with E-state index in [0.29, 0.717) is 37.7 Å². The number of methoxy groups -OCH3 is 3. The second-order valence-corrected chi connectivity index (χ2v) is 7.39. The number of carbonyl (C=O) groups excluding carboxylic acids is 1. The van der Waals surface area contributed by atoms with Gasteiger partial charge in [0.2, 0.25) is 5.91 Å². The molecule has 0 aliphatic rings. The summed E-state index contributed by atoms with van der Waals surface area (Å²) >= 11 is 1.67. The fourth-order valence-corrected chi connectivity index (χ4v) is 3.55. The Hall–Kier alpha value is -2.09. The average Bonchev–Trinajstić information content (AvgIpc) is 3.23. The lowest BCUT2D eigenvalue weighted by Gasteiger charge is -2.23. The van der Waals surface area contributed by atoms with Crippen LogP contribution in [0.1, 0.15) is 16.9 Å². The smallest absolute Gasteiger partial charge is 0.236 e. The summed E-state index contributed by atoms with van der Waals surface area (Å²) in [6.45, 7) is 3.07. The number of amides is 1. The van der Waals surface area contributed by atoms with Crippen LogP contribution in [-0.4, -0.2) is 58.4 Å². The fraction of sp³-hybridized carbons (Fsp3) is 0.476. The van der Waals surface area contributed by atoms with E-state index in [0.717, 1.165) is 24.9 Å². The standard InChI is InChI=1S/C21H30N2O4S/c1-25-12-5-10-22-15-21(24)23(16-18-6-4-13-28-18)11-9-17-7-8-19(26-2)20(14-17)27-3/h4,6-8,13-14,22H,5,9-12,15-16H2,1-3H3. The summed E-state index contributed by atoms with van der Waals surface area (Å²) in [7, 11) is 4.93. The lowest BCUT2D eigenvalue weighted by Crippen LogP contribution is -2.39. The van der Waals surface area contributed by atoms with Crippen molar-refractivity contribution < 1.29 is 19.0 Å². The lowest BCUT2D eigenvalue weighted by molar-refractivity contribution is -0.130. The largest absolute Gasteiger partial charge is 0.493 e. The highest BCUT2D eigenvalue weighted by molar-refractivity contribution is 7.09. The first-order chi connectivity index (χ1) is 13.7. The van der Waals surface area contributed by atoms with Gasteiger partial charge in [0.1, 0.15) is 0 Å². The SMILES string of the molecule is COCCCNCC(=O)N(CCc1ccc(OC)c(OC)c1)Cc1cccs1. The number of benzene rings is 1. The summed E-state index contributed by atoms with van der Waals surface area (Å²) in [5.74, 6) is 1.51. The Labute approximate surface area is 171 Å². The van der Waals surface area contributed by atoms with Gasteiger partial charge in [-0.05, 0) is 48.5 Å². The van der Waals surface area contributed by atoms with E-state index in [9.17, 15) is 4.79 Å². The van der Waals surface area contributed by atoms with E-state index in [1.165, 1.54) is 4.88 Å². The second kappa shape index (κ2) is 12.4. The van der Waals surface area contributed by atoms with Crippen LogP contribution in [0.15, 0.2) is 35.7 Å². The van der Waals surface area contributed by atoms with Gasteiger partial charge in [-0.2, -0.15) is 0 Å². The van der Waals surface area contributed by atoms with Crippen molar-refractivity contribution in [1.82, 2.24) is 10.2 Å². The molecular weight excluding hydrogens is 376 g/mol. The number of hydrogen-bond acceptors (Lipinski definition) is 6. The molecule has 1 N–H and O–H groups in total. The van der Waals surface area contributed by atoms with Crippen LogP contribution in [-0.2, 0) is 22.5 Å². The van der Waals surface area contributed by atoms with E-state index in [-0.39, 0.29) is 5.91 Å². The van der Waals surface area contributed by atoms with Gasteiger partial charge in [-0.1, -0.05) is 12.1 Å². The molecule has 2 rings (SSSR count). The van der Waals surface area contributed by atoms with Gasteiger partial charge in [0.25, 0.3) is 0 Å². The van der Waals surface area contributed by atoms with Gasteiger partial charge in [-0.3, -0.25) is 4.79 Å². The summed E-state index contributed by atoms with van der Waals surface area (Å²) in [5, 5.41) is 5.24. The number of carbonyl (C=O) groups is 1. The topological polar surface area (TPSA) is 60.0 Å². The van der Waals surface area contributed by atoms with Crippen molar-refractivity contribution in [3.8, 4) is 11.5 Å². The first kappa shape index (κ1) is 22.2. The molecule has 0 aliphatic heterocycles. The minimum absolute atomic E-state index is 0.103. The maximum Gasteiger partial charge on any atom is 0.236 e. The van der Waals surface area contributed by atoms with Gasteiger partial charge in [0.15, 0.2) is 11.5 Å². The number of nitrogens with one attached hydrogen (secondary N) is 1. The van der Waals surface area contributed by atoms with E-state index in [1.807, 2.05) is 34.5 Å². The van der Waals surface area contributed by atoms with Gasteiger partial charge in [-0.25, -0.2) is 0 Å². The fourth-order valence-electron chi connectivity index (χ4n) is 2.83. The number of hydrogen-bond donors (Lipinski definition) is 1. The predicted octanol–water partition coefficient (Wildman–Crippen LogP) is 2.96. The summed E-state index contributed by atoms with van der Waals surface area (Å²) in [5.41, 5.74) is 1.11. The summed E-state index contributed by atoms with van der Waals surface area (Å²) in [6.07, 6.45) is 1.64. The molecule has 1 heterocycles. The van der Waals surface area contributed by atoms with Crippen LogP contribution in [0.3, 0.4) is 0 Å². The van der Waals surface area contributed by atoms with Gasteiger partial charge in [0, 0.05) is 25.1 Å². The van der Waals surface area contributed by atoms with Crippen molar-refractivity contribution in [3.63, 3.8) is 0 Å². The molecule has 1 amide bonds. The molecule has 0 spiro atoms. The van der Waals surface area contributed by atoms with Gasteiger partial charge < -0.3 is 24.4 Å². The van der Waals surface area contributed by atoms with Gasteiger partial charge in [0.05, 0.1) is 27.3 Å². The zero-order chi connectivity index (χ0) is 20.2. The Morgan fingerprint density at radius 3 is 2.64 bits per heavy atom. The molecular formula is C21H30N2O4S. The number of thiophene rings is 1. The average molecular weight is 407 g/mol. The number of ether oxygens (including phenoxy) is 3. The first-order valence-electron chi connectivity index (χ1n) is 9.38. The van der Waals surface area contributed by atoms with Crippen LogP contribution in [0.2, 0.25) is 0 Å². The molecule has 0 unspecified atom stereocenters. The third-order valence-corrected chi connectivity index (χ3v) is 5.24. The molecule has 0 saturated carbocycles. The first-order valence-corrected chi connectivity index (χ1v) is 10.3. The quantitative estimate of drug-likeness (QED) is 0.518. The zero-order valence-corrected chi connectivity index (χ0v) is 17.7. The predicted molar refractivity (Wildman–Crippen MR) is 112 cm³/mol. The Bertz CT molecular complexity index is 706. The highest BCUT2D eigenvalue weighted by Crippen LogP contribution is 2.27. The molecule has 1 aromatic carbocycles. The summed E-state index contributed by atoms with van der Waals surface area (Å²) < 4.78 is 15.7. The monoisotopic (exact) mass is 406 g/mol. The Morgan fingerprint density at radius 2 is 1.96 bits per heavy atom. The number of nitrogens with zero attached hydrogens (tertiary/aromatic N) is 1. The van der Waals surface area contributed by atoms with Crippen LogP contribution in [0.4, 0.5) is 0 Å². The van der Waals surface area contributed by atoms with Crippen molar-refractivity contribution >= 4 is 17.2 Å². The molecule has 0 bridgehead atoms.